The molecule has 2 aromatic rings. The Morgan fingerprint density at radius 1 is 1.24 bits per heavy atom. The molecule has 0 amide bonds. The third kappa shape index (κ3) is 4.43. The molecular weight excluding hydrogens is 357 g/mol. The molecule has 5 heteroatoms. The van der Waals surface area contributed by atoms with Gasteiger partial charge in [-0.3, -0.25) is 0 Å². The van der Waals surface area contributed by atoms with E-state index in [1.165, 1.54) is 12.1 Å². The van der Waals surface area contributed by atoms with Crippen molar-refractivity contribution in [3.05, 3.63) is 57.3 Å². The van der Waals surface area contributed by atoms with Gasteiger partial charge in [-0.15, -0.1) is 0 Å². The average molecular weight is 373 g/mol. The molecule has 0 aliphatic carbocycles. The Labute approximate surface area is 137 Å². The first-order valence-corrected chi connectivity index (χ1v) is 7.90. The molecule has 0 unspecified atom stereocenters. The fraction of sp³-hybridized carbons (Fsp3) is 0.250. The SMILES string of the molecule is CCCNCc1c(Cl)cccc1Oc1cc(F)ccc1Br. The molecule has 2 nitrogen and oxygen atoms in total. The summed E-state index contributed by atoms with van der Waals surface area (Å²) in [7, 11) is 0. The average Bonchev–Trinajstić information content (AvgIpc) is 2.46. The highest BCUT2D eigenvalue weighted by Gasteiger charge is 2.11. The lowest BCUT2D eigenvalue weighted by Gasteiger charge is -2.14. The summed E-state index contributed by atoms with van der Waals surface area (Å²) in [6.45, 7) is 3.60. The molecule has 0 saturated carbocycles. The van der Waals surface area contributed by atoms with Gasteiger partial charge in [0.15, 0.2) is 0 Å². The maximum absolute atomic E-state index is 13.3. The van der Waals surface area contributed by atoms with Crippen LogP contribution in [0.4, 0.5) is 4.39 Å². The Morgan fingerprint density at radius 3 is 2.81 bits per heavy atom. The molecule has 0 aromatic heterocycles. The van der Waals surface area contributed by atoms with E-state index in [-0.39, 0.29) is 5.82 Å². The minimum Gasteiger partial charge on any atom is -0.456 e. The van der Waals surface area contributed by atoms with E-state index in [0.717, 1.165) is 18.5 Å². The van der Waals surface area contributed by atoms with Crippen LogP contribution in [0, 0.1) is 5.82 Å². The van der Waals surface area contributed by atoms with Crippen LogP contribution in [0.2, 0.25) is 5.02 Å². The van der Waals surface area contributed by atoms with E-state index in [4.69, 9.17) is 16.3 Å². The third-order valence-electron chi connectivity index (χ3n) is 2.92. The van der Waals surface area contributed by atoms with Crippen LogP contribution >= 0.6 is 27.5 Å². The summed E-state index contributed by atoms with van der Waals surface area (Å²) in [6, 6.07) is 9.79. The summed E-state index contributed by atoms with van der Waals surface area (Å²) in [6.07, 6.45) is 1.04. The van der Waals surface area contributed by atoms with Gasteiger partial charge in [0.1, 0.15) is 17.3 Å². The topological polar surface area (TPSA) is 21.3 Å². The highest BCUT2D eigenvalue weighted by atomic mass is 79.9. The Kier molecular flexibility index (Phi) is 6.03. The number of halogens is 3. The molecule has 2 aromatic carbocycles. The summed E-state index contributed by atoms with van der Waals surface area (Å²) >= 11 is 9.59. The van der Waals surface area contributed by atoms with Gasteiger partial charge in [-0.2, -0.15) is 0 Å². The molecule has 0 atom stereocenters. The van der Waals surface area contributed by atoms with Crippen LogP contribution < -0.4 is 10.1 Å². The van der Waals surface area contributed by atoms with Gasteiger partial charge in [-0.05, 0) is 53.2 Å². The van der Waals surface area contributed by atoms with E-state index in [2.05, 4.69) is 28.2 Å². The van der Waals surface area contributed by atoms with Crippen molar-refractivity contribution in [2.24, 2.45) is 0 Å². The second-order valence-electron chi connectivity index (χ2n) is 4.57. The Balaban J connectivity index is 2.26. The van der Waals surface area contributed by atoms with Crippen molar-refractivity contribution in [2.45, 2.75) is 19.9 Å². The molecule has 1 N–H and O–H groups in total. The fourth-order valence-corrected chi connectivity index (χ4v) is 2.43. The molecule has 0 saturated heterocycles. The number of ether oxygens (including phenoxy) is 1. The predicted molar refractivity (Wildman–Crippen MR) is 87.6 cm³/mol. The van der Waals surface area contributed by atoms with Gasteiger partial charge in [0.2, 0.25) is 0 Å². The Bertz CT molecular complexity index is 621. The van der Waals surface area contributed by atoms with Gasteiger partial charge in [-0.1, -0.05) is 24.6 Å². The normalized spacial score (nSPS) is 10.7. The van der Waals surface area contributed by atoms with E-state index in [0.29, 0.717) is 27.5 Å². The molecule has 0 radical (unpaired) electrons. The first-order valence-electron chi connectivity index (χ1n) is 6.73. The Hall–Kier alpha value is -1.10. The smallest absolute Gasteiger partial charge is 0.144 e. The molecule has 0 spiro atoms. The van der Waals surface area contributed by atoms with Crippen LogP contribution in [-0.2, 0) is 6.54 Å². The molecule has 0 aliphatic heterocycles. The quantitative estimate of drug-likeness (QED) is 0.673. The number of rotatable bonds is 6. The zero-order valence-electron chi connectivity index (χ0n) is 11.6. The number of benzene rings is 2. The predicted octanol–water partition coefficient (Wildman–Crippen LogP) is 5.53. The molecule has 0 aliphatic rings. The van der Waals surface area contributed by atoms with E-state index in [1.54, 1.807) is 6.07 Å². The molecule has 0 heterocycles. The fourth-order valence-electron chi connectivity index (χ4n) is 1.87. The van der Waals surface area contributed by atoms with Crippen LogP contribution in [0.25, 0.3) is 0 Å². The van der Waals surface area contributed by atoms with Gasteiger partial charge < -0.3 is 10.1 Å². The van der Waals surface area contributed by atoms with Crippen molar-refractivity contribution in [1.82, 2.24) is 5.32 Å². The largest absolute Gasteiger partial charge is 0.456 e. The zero-order chi connectivity index (χ0) is 15.2. The summed E-state index contributed by atoms with van der Waals surface area (Å²) < 4.78 is 19.9. The zero-order valence-corrected chi connectivity index (χ0v) is 14.0. The van der Waals surface area contributed by atoms with Crippen LogP contribution in [0.15, 0.2) is 40.9 Å². The van der Waals surface area contributed by atoms with E-state index < -0.39 is 0 Å². The van der Waals surface area contributed by atoms with Gasteiger partial charge in [0.05, 0.1) is 4.47 Å². The van der Waals surface area contributed by atoms with Crippen LogP contribution in [0.3, 0.4) is 0 Å². The second kappa shape index (κ2) is 7.78. The minimum absolute atomic E-state index is 0.346. The molecule has 112 valence electrons. The van der Waals surface area contributed by atoms with Crippen molar-refractivity contribution in [2.75, 3.05) is 6.54 Å². The van der Waals surface area contributed by atoms with Crippen LogP contribution in [0.1, 0.15) is 18.9 Å². The van der Waals surface area contributed by atoms with Gasteiger partial charge in [0, 0.05) is 23.2 Å². The summed E-state index contributed by atoms with van der Waals surface area (Å²) in [5, 5.41) is 3.92. The van der Waals surface area contributed by atoms with Gasteiger partial charge in [0.25, 0.3) is 0 Å². The van der Waals surface area contributed by atoms with Crippen molar-refractivity contribution < 1.29 is 9.13 Å². The lowest BCUT2D eigenvalue weighted by Crippen LogP contribution is -2.14. The van der Waals surface area contributed by atoms with Crippen LogP contribution in [-0.4, -0.2) is 6.54 Å². The lowest BCUT2D eigenvalue weighted by atomic mass is 10.2. The molecule has 0 bridgehead atoms. The first kappa shape index (κ1) is 16.3. The lowest BCUT2D eigenvalue weighted by molar-refractivity contribution is 0.464. The highest BCUT2D eigenvalue weighted by molar-refractivity contribution is 9.10. The monoisotopic (exact) mass is 371 g/mol. The first-order chi connectivity index (χ1) is 10.1. The van der Waals surface area contributed by atoms with E-state index in [9.17, 15) is 4.39 Å². The van der Waals surface area contributed by atoms with Crippen LogP contribution in [0.5, 0.6) is 11.5 Å². The van der Waals surface area contributed by atoms with Gasteiger partial charge >= 0.3 is 0 Å². The summed E-state index contributed by atoms with van der Waals surface area (Å²) in [5.74, 6) is 0.701. The highest BCUT2D eigenvalue weighted by Crippen LogP contribution is 2.34. The molecule has 21 heavy (non-hydrogen) atoms. The second-order valence-corrected chi connectivity index (χ2v) is 5.83. The number of hydrogen-bond donors (Lipinski definition) is 1. The minimum atomic E-state index is -0.346. The Morgan fingerprint density at radius 2 is 2.05 bits per heavy atom. The van der Waals surface area contributed by atoms with E-state index >= 15 is 0 Å². The van der Waals surface area contributed by atoms with E-state index in [1.807, 2.05) is 18.2 Å². The van der Waals surface area contributed by atoms with Crippen molar-refractivity contribution >= 4 is 27.5 Å². The van der Waals surface area contributed by atoms with Crippen molar-refractivity contribution in [1.29, 1.82) is 0 Å². The maximum atomic E-state index is 13.3. The maximum Gasteiger partial charge on any atom is 0.144 e. The molecule has 2 rings (SSSR count). The summed E-state index contributed by atoms with van der Waals surface area (Å²) in [5.41, 5.74) is 0.865. The number of hydrogen-bond acceptors (Lipinski definition) is 2. The number of nitrogens with one attached hydrogen (secondary N) is 1. The standard InChI is InChI=1S/C16H16BrClFNO/c1-2-8-20-10-12-14(18)4-3-5-15(12)21-16-9-11(19)6-7-13(16)17/h3-7,9,20H,2,8,10H2,1H3. The van der Waals surface area contributed by atoms with Crippen molar-refractivity contribution in [3.63, 3.8) is 0 Å². The van der Waals surface area contributed by atoms with Crippen molar-refractivity contribution in [3.8, 4) is 11.5 Å². The summed E-state index contributed by atoms with van der Waals surface area (Å²) in [4.78, 5) is 0. The molecular formula is C16H16BrClFNO. The molecule has 0 fully saturated rings. The third-order valence-corrected chi connectivity index (χ3v) is 3.93. The van der Waals surface area contributed by atoms with Gasteiger partial charge in [-0.25, -0.2) is 4.39 Å².